The van der Waals surface area contributed by atoms with E-state index in [0.29, 0.717) is 22.2 Å². The predicted molar refractivity (Wildman–Crippen MR) is 163 cm³/mol. The summed E-state index contributed by atoms with van der Waals surface area (Å²) in [6.07, 6.45) is 11.1. The van der Waals surface area contributed by atoms with E-state index in [9.17, 15) is 19.5 Å². The number of aliphatic hydroxyl groups excluding tert-OH is 1. The van der Waals surface area contributed by atoms with Crippen LogP contribution in [0.3, 0.4) is 0 Å². The second-order valence-electron chi connectivity index (χ2n) is 13.7. The summed E-state index contributed by atoms with van der Waals surface area (Å²) in [6, 6.07) is 0. The maximum atomic E-state index is 13.6. The largest absolute Gasteiger partial charge is 0.461 e. The third-order valence-electron chi connectivity index (χ3n) is 11.6. The molecular weight excluding hydrogens is 556 g/mol. The molecule has 0 unspecified atom stereocenters. The minimum Gasteiger partial charge on any atom is -0.461 e. The zero-order valence-electron chi connectivity index (χ0n) is 24.9. The SMILES string of the molecule is C=C[C@]1(C)C[C@@H](OC(=O)CSc2ncc(NC(=O)C3CCCCC3)s2)[C@]2(C)[C@H](C)CC[C@]3(CCC(=O)[C@H]32)[C@@H](C)[C@@H]1O. The smallest absolute Gasteiger partial charge is 0.316 e. The molecule has 4 aliphatic carbocycles. The fraction of sp³-hybridized carbons (Fsp3) is 0.750. The van der Waals surface area contributed by atoms with Gasteiger partial charge in [0.25, 0.3) is 0 Å². The van der Waals surface area contributed by atoms with Crippen LogP contribution in [0.2, 0.25) is 0 Å². The molecule has 1 aromatic rings. The summed E-state index contributed by atoms with van der Waals surface area (Å²) in [5.41, 5.74) is -1.47. The van der Waals surface area contributed by atoms with E-state index in [2.05, 4.69) is 37.7 Å². The Morgan fingerprint density at radius 1 is 1.22 bits per heavy atom. The maximum Gasteiger partial charge on any atom is 0.316 e. The van der Waals surface area contributed by atoms with Crippen LogP contribution in [0.25, 0.3) is 0 Å². The van der Waals surface area contributed by atoms with E-state index in [1.54, 1.807) is 6.20 Å². The molecule has 2 bridgehead atoms. The minimum atomic E-state index is -0.681. The zero-order valence-corrected chi connectivity index (χ0v) is 26.6. The van der Waals surface area contributed by atoms with E-state index in [1.807, 2.05) is 13.0 Å². The Morgan fingerprint density at radius 3 is 2.66 bits per heavy atom. The van der Waals surface area contributed by atoms with Crippen molar-refractivity contribution in [3.05, 3.63) is 18.9 Å². The van der Waals surface area contributed by atoms with Crippen molar-refractivity contribution in [2.24, 2.45) is 39.9 Å². The van der Waals surface area contributed by atoms with Gasteiger partial charge >= 0.3 is 5.97 Å². The van der Waals surface area contributed by atoms with Crippen molar-refractivity contribution in [2.75, 3.05) is 11.1 Å². The maximum absolute atomic E-state index is 13.6. The number of hydrogen-bond acceptors (Lipinski definition) is 8. The normalized spacial score (nSPS) is 39.3. The number of thiazole rings is 1. The summed E-state index contributed by atoms with van der Waals surface area (Å²) in [5.74, 6) is 0.00195. The second kappa shape index (κ2) is 11.8. The Labute approximate surface area is 252 Å². The van der Waals surface area contributed by atoms with Crippen molar-refractivity contribution in [3.8, 4) is 0 Å². The van der Waals surface area contributed by atoms with Gasteiger partial charge in [-0.05, 0) is 55.8 Å². The summed E-state index contributed by atoms with van der Waals surface area (Å²) in [5, 5.41) is 15.4. The van der Waals surface area contributed by atoms with Crippen LogP contribution in [0.5, 0.6) is 0 Å². The van der Waals surface area contributed by atoms with E-state index < -0.39 is 23.0 Å². The number of rotatable bonds is 7. The summed E-state index contributed by atoms with van der Waals surface area (Å²) in [7, 11) is 0. The molecule has 1 amide bonds. The van der Waals surface area contributed by atoms with Gasteiger partial charge in [0.2, 0.25) is 5.91 Å². The first-order valence-electron chi connectivity index (χ1n) is 15.4. The highest BCUT2D eigenvalue weighted by atomic mass is 32.2. The zero-order chi connectivity index (χ0) is 29.6. The number of esters is 1. The molecule has 8 atom stereocenters. The van der Waals surface area contributed by atoms with Crippen molar-refractivity contribution >= 4 is 45.8 Å². The quantitative estimate of drug-likeness (QED) is 0.204. The van der Waals surface area contributed by atoms with Crippen LogP contribution < -0.4 is 5.32 Å². The van der Waals surface area contributed by atoms with E-state index >= 15 is 0 Å². The number of nitrogens with one attached hydrogen (secondary N) is 1. The molecule has 1 aromatic heterocycles. The van der Waals surface area contributed by atoms with E-state index in [-0.39, 0.29) is 52.5 Å². The minimum absolute atomic E-state index is 0.0568. The van der Waals surface area contributed by atoms with Gasteiger partial charge in [-0.25, -0.2) is 4.98 Å². The van der Waals surface area contributed by atoms with E-state index in [1.165, 1.54) is 29.5 Å². The molecule has 2 N–H and O–H groups in total. The molecule has 226 valence electrons. The molecule has 4 aliphatic rings. The Hall–Kier alpha value is -1.71. The lowest BCUT2D eigenvalue weighted by Gasteiger charge is -2.61. The Morgan fingerprint density at radius 2 is 1.95 bits per heavy atom. The van der Waals surface area contributed by atoms with Gasteiger partial charge in [-0.3, -0.25) is 14.4 Å². The first-order chi connectivity index (χ1) is 19.4. The number of ether oxygens (including phenoxy) is 1. The standard InChI is InChI=1S/C32H46N2O5S2/c1-6-30(4)16-23(31(5)19(2)12-14-32(20(3)27(30)37)15-13-22(35)26(31)32)39-25(36)18-40-29-33-17-24(41-29)34-28(38)21-10-8-7-9-11-21/h6,17,19-21,23,26-27,37H,1,7-16,18H2,2-5H3,(H,34,38)/t19-,20+,23-,26+,27+,30-,31+,32+/m1/s1. The molecule has 0 spiro atoms. The highest BCUT2D eigenvalue weighted by molar-refractivity contribution is 8.01. The van der Waals surface area contributed by atoms with E-state index in [0.717, 1.165) is 44.9 Å². The lowest BCUT2D eigenvalue weighted by Crippen LogP contribution is -2.63. The summed E-state index contributed by atoms with van der Waals surface area (Å²) in [6.45, 7) is 12.5. The molecule has 1 heterocycles. The molecule has 0 radical (unpaired) electrons. The van der Waals surface area contributed by atoms with Crippen LogP contribution >= 0.6 is 23.1 Å². The van der Waals surface area contributed by atoms with Crippen LogP contribution in [0.15, 0.2) is 23.2 Å². The molecule has 4 saturated carbocycles. The van der Waals surface area contributed by atoms with Gasteiger partial charge in [0.1, 0.15) is 16.9 Å². The monoisotopic (exact) mass is 602 g/mol. The number of anilines is 1. The van der Waals surface area contributed by atoms with Crippen LogP contribution in [-0.4, -0.2) is 45.7 Å². The number of amides is 1. The first kappa shape index (κ1) is 30.7. The van der Waals surface area contributed by atoms with Gasteiger partial charge in [-0.2, -0.15) is 0 Å². The van der Waals surface area contributed by atoms with Crippen molar-refractivity contribution in [1.29, 1.82) is 0 Å². The van der Waals surface area contributed by atoms with Crippen molar-refractivity contribution < 1.29 is 24.2 Å². The molecule has 4 fully saturated rings. The molecule has 41 heavy (non-hydrogen) atoms. The highest BCUT2D eigenvalue weighted by Gasteiger charge is 2.68. The summed E-state index contributed by atoms with van der Waals surface area (Å²) in [4.78, 5) is 44.0. The number of aromatic nitrogens is 1. The van der Waals surface area contributed by atoms with Crippen LogP contribution in [0.1, 0.15) is 91.9 Å². The number of ketones is 1. The van der Waals surface area contributed by atoms with Gasteiger partial charge in [-0.1, -0.05) is 76.1 Å². The Bertz CT molecular complexity index is 1180. The molecule has 5 rings (SSSR count). The molecule has 0 saturated heterocycles. The molecule has 9 heteroatoms. The third-order valence-corrected chi connectivity index (χ3v) is 13.6. The number of aliphatic hydroxyl groups is 1. The average Bonchev–Trinajstić information content (AvgIpc) is 3.57. The van der Waals surface area contributed by atoms with E-state index in [4.69, 9.17) is 4.74 Å². The molecular formula is C32H46N2O5S2. The number of Topliss-reactive ketones (excluding diaryl/α,β-unsaturated/α-hetero) is 1. The van der Waals surface area contributed by atoms with Crippen LogP contribution in [-0.2, 0) is 19.1 Å². The van der Waals surface area contributed by atoms with Crippen molar-refractivity contribution in [3.63, 3.8) is 0 Å². The lowest BCUT2D eigenvalue weighted by molar-refractivity contribution is -0.205. The number of carbonyl (C=O) groups is 3. The highest BCUT2D eigenvalue weighted by Crippen LogP contribution is 2.68. The van der Waals surface area contributed by atoms with Gasteiger partial charge in [0, 0.05) is 29.1 Å². The predicted octanol–water partition coefficient (Wildman–Crippen LogP) is 6.66. The van der Waals surface area contributed by atoms with Crippen LogP contribution in [0.4, 0.5) is 5.00 Å². The molecule has 0 aromatic carbocycles. The van der Waals surface area contributed by atoms with Gasteiger partial charge in [-0.15, -0.1) is 6.58 Å². The number of nitrogens with zero attached hydrogens (tertiary/aromatic N) is 1. The average molecular weight is 603 g/mol. The fourth-order valence-electron chi connectivity index (χ4n) is 8.79. The number of thioether (sulfide) groups is 1. The Balaban J connectivity index is 1.31. The summed E-state index contributed by atoms with van der Waals surface area (Å²) < 4.78 is 7.02. The number of hydrogen-bond donors (Lipinski definition) is 2. The topological polar surface area (TPSA) is 106 Å². The van der Waals surface area contributed by atoms with Crippen molar-refractivity contribution in [2.45, 2.75) is 108 Å². The summed E-state index contributed by atoms with van der Waals surface area (Å²) >= 11 is 2.67. The van der Waals surface area contributed by atoms with Gasteiger partial charge in [0.15, 0.2) is 4.34 Å². The van der Waals surface area contributed by atoms with Crippen molar-refractivity contribution in [1.82, 2.24) is 4.98 Å². The van der Waals surface area contributed by atoms with Crippen LogP contribution in [0, 0.1) is 39.9 Å². The number of carbonyl (C=O) groups excluding carboxylic acids is 3. The Kier molecular flexibility index (Phi) is 8.82. The second-order valence-corrected chi connectivity index (χ2v) is 15.9. The fourth-order valence-corrected chi connectivity index (χ4v) is 10.5. The molecule has 7 nitrogen and oxygen atoms in total. The van der Waals surface area contributed by atoms with Gasteiger partial charge < -0.3 is 15.2 Å². The first-order valence-corrected chi connectivity index (χ1v) is 17.2. The molecule has 0 aliphatic heterocycles. The van der Waals surface area contributed by atoms with Gasteiger partial charge in [0.05, 0.1) is 18.1 Å². The third kappa shape index (κ3) is 5.44. The lowest BCUT2D eigenvalue weighted by atomic mass is 9.44.